The van der Waals surface area contributed by atoms with Crippen molar-refractivity contribution in [3.05, 3.63) is 46.6 Å². The Morgan fingerprint density at radius 1 is 1.08 bits per heavy atom. The van der Waals surface area contributed by atoms with Gasteiger partial charge in [-0.1, -0.05) is 0 Å². The molecular formula is C16H12O8S. The van der Waals surface area contributed by atoms with Crippen LogP contribution in [0.25, 0.3) is 22.3 Å². The molecule has 3 rings (SSSR count). The number of ether oxygens (including phenoxy) is 1. The van der Waals surface area contributed by atoms with Gasteiger partial charge in [-0.05, 0) is 24.3 Å². The molecule has 0 radical (unpaired) electrons. The molecule has 1 aromatic heterocycles. The lowest BCUT2D eigenvalue weighted by Gasteiger charge is -2.11. The largest absolute Gasteiger partial charge is 0.508 e. The molecule has 0 fully saturated rings. The molecule has 2 aromatic carbocycles. The van der Waals surface area contributed by atoms with Crippen molar-refractivity contribution < 1.29 is 32.3 Å². The predicted molar refractivity (Wildman–Crippen MR) is 87.6 cm³/mol. The lowest BCUT2D eigenvalue weighted by Crippen LogP contribution is -2.02. The van der Waals surface area contributed by atoms with Crippen LogP contribution in [-0.2, 0) is 10.1 Å². The van der Waals surface area contributed by atoms with E-state index in [2.05, 4.69) is 0 Å². The van der Waals surface area contributed by atoms with Gasteiger partial charge in [0.1, 0.15) is 17.1 Å². The molecule has 9 heteroatoms. The third kappa shape index (κ3) is 3.02. The van der Waals surface area contributed by atoms with E-state index >= 15 is 0 Å². The van der Waals surface area contributed by atoms with E-state index in [-0.39, 0.29) is 33.8 Å². The van der Waals surface area contributed by atoms with E-state index in [1.807, 2.05) is 0 Å². The molecule has 0 aliphatic rings. The molecule has 3 aromatic rings. The highest BCUT2D eigenvalue weighted by Crippen LogP contribution is 2.39. The summed E-state index contributed by atoms with van der Waals surface area (Å²) in [5.41, 5.74) is -0.544. The van der Waals surface area contributed by atoms with Gasteiger partial charge in [-0.25, -0.2) is 0 Å². The fraction of sp³-hybridized carbons (Fsp3) is 0.0625. The van der Waals surface area contributed by atoms with E-state index < -0.39 is 26.2 Å². The number of rotatable bonds is 3. The van der Waals surface area contributed by atoms with Crippen molar-refractivity contribution in [1.82, 2.24) is 0 Å². The van der Waals surface area contributed by atoms with Gasteiger partial charge < -0.3 is 19.4 Å². The fourth-order valence-corrected chi connectivity index (χ4v) is 2.87. The maximum Gasteiger partial charge on any atom is 0.294 e. The summed E-state index contributed by atoms with van der Waals surface area (Å²) in [7, 11) is -3.38. The Bertz CT molecular complexity index is 1140. The normalized spacial score (nSPS) is 11.6. The molecule has 0 spiro atoms. The monoisotopic (exact) mass is 364 g/mol. The number of hydrogen-bond donors (Lipinski definition) is 3. The number of phenols is 2. The quantitative estimate of drug-likeness (QED) is 0.602. The zero-order valence-corrected chi connectivity index (χ0v) is 13.6. The maximum absolute atomic E-state index is 12.2. The van der Waals surface area contributed by atoms with E-state index in [9.17, 15) is 28.0 Å². The van der Waals surface area contributed by atoms with Gasteiger partial charge in [0.15, 0.2) is 16.9 Å². The Kier molecular flexibility index (Phi) is 3.90. The summed E-state index contributed by atoms with van der Waals surface area (Å²) in [6.45, 7) is 0. The first-order valence-electron chi connectivity index (χ1n) is 6.86. The van der Waals surface area contributed by atoms with E-state index in [0.29, 0.717) is 0 Å². The summed E-state index contributed by atoms with van der Waals surface area (Å²) < 4.78 is 42.5. The van der Waals surface area contributed by atoms with Crippen LogP contribution in [0.15, 0.2) is 50.5 Å². The lowest BCUT2D eigenvalue weighted by atomic mass is 10.1. The number of phenolic OH excluding ortho intramolecular Hbond substituents is 2. The number of methoxy groups -OCH3 is 1. The van der Waals surface area contributed by atoms with E-state index in [4.69, 9.17) is 9.15 Å². The van der Waals surface area contributed by atoms with Crippen LogP contribution < -0.4 is 10.2 Å². The van der Waals surface area contributed by atoms with Crippen LogP contribution in [0.1, 0.15) is 0 Å². The highest BCUT2D eigenvalue weighted by Gasteiger charge is 2.21. The number of aromatic hydroxyl groups is 2. The van der Waals surface area contributed by atoms with E-state index in [0.717, 1.165) is 18.2 Å². The highest BCUT2D eigenvalue weighted by atomic mass is 32.2. The summed E-state index contributed by atoms with van der Waals surface area (Å²) in [4.78, 5) is 11.7. The van der Waals surface area contributed by atoms with Crippen LogP contribution in [0.2, 0.25) is 0 Å². The summed E-state index contributed by atoms with van der Waals surface area (Å²) in [5, 5.41) is 19.8. The van der Waals surface area contributed by atoms with Crippen LogP contribution >= 0.6 is 0 Å². The summed E-state index contributed by atoms with van der Waals surface area (Å²) in [6, 6.07) is 6.81. The van der Waals surface area contributed by atoms with Gasteiger partial charge in [0, 0.05) is 12.1 Å². The molecule has 0 bridgehead atoms. The Morgan fingerprint density at radius 2 is 1.80 bits per heavy atom. The molecule has 0 aliphatic heterocycles. The van der Waals surface area contributed by atoms with Crippen LogP contribution in [0.3, 0.4) is 0 Å². The maximum atomic E-state index is 12.2. The van der Waals surface area contributed by atoms with E-state index in [1.54, 1.807) is 0 Å². The number of fused-ring (bicyclic) bond motifs is 1. The smallest absolute Gasteiger partial charge is 0.294 e. The molecule has 25 heavy (non-hydrogen) atoms. The molecule has 0 saturated heterocycles. The molecule has 0 aliphatic carbocycles. The summed E-state index contributed by atoms with van der Waals surface area (Å²) >= 11 is 0. The van der Waals surface area contributed by atoms with Gasteiger partial charge in [-0.2, -0.15) is 8.42 Å². The Morgan fingerprint density at radius 3 is 2.44 bits per heavy atom. The van der Waals surface area contributed by atoms with Crippen LogP contribution in [-0.4, -0.2) is 30.3 Å². The first kappa shape index (κ1) is 16.8. The van der Waals surface area contributed by atoms with Crippen molar-refractivity contribution in [3.8, 4) is 28.6 Å². The first-order valence-corrected chi connectivity index (χ1v) is 8.30. The average molecular weight is 364 g/mol. The second-order valence-electron chi connectivity index (χ2n) is 5.15. The highest BCUT2D eigenvalue weighted by molar-refractivity contribution is 7.85. The van der Waals surface area contributed by atoms with Gasteiger partial charge in [-0.15, -0.1) is 0 Å². The third-order valence-corrected chi connectivity index (χ3v) is 4.37. The Balaban J connectivity index is 2.34. The summed E-state index contributed by atoms with van der Waals surface area (Å²) in [5.74, 6) is -0.940. The molecule has 0 atom stereocenters. The van der Waals surface area contributed by atoms with Crippen molar-refractivity contribution >= 4 is 21.1 Å². The Hall–Kier alpha value is -3.04. The molecular weight excluding hydrogens is 352 g/mol. The minimum atomic E-state index is -4.58. The zero-order chi connectivity index (χ0) is 18.4. The molecule has 8 nitrogen and oxygen atoms in total. The van der Waals surface area contributed by atoms with Crippen molar-refractivity contribution in [2.24, 2.45) is 0 Å². The van der Waals surface area contributed by atoms with Crippen molar-refractivity contribution in [1.29, 1.82) is 0 Å². The summed E-state index contributed by atoms with van der Waals surface area (Å²) in [6.07, 6.45) is 0. The SMILES string of the molecule is COc1cc(S(=O)(=O)O)cc(-c2cc(=O)c3cc(O)ccc3o2)c1O. The van der Waals surface area contributed by atoms with Gasteiger partial charge in [0.25, 0.3) is 10.1 Å². The van der Waals surface area contributed by atoms with Gasteiger partial charge in [0.2, 0.25) is 0 Å². The molecule has 1 heterocycles. The third-order valence-electron chi connectivity index (χ3n) is 3.54. The van der Waals surface area contributed by atoms with Crippen LogP contribution in [0, 0.1) is 0 Å². The Labute approximate surface area is 141 Å². The molecule has 3 N–H and O–H groups in total. The minimum Gasteiger partial charge on any atom is -0.508 e. The van der Waals surface area contributed by atoms with Crippen LogP contribution in [0.5, 0.6) is 17.2 Å². The van der Waals surface area contributed by atoms with Crippen LogP contribution in [0.4, 0.5) is 0 Å². The second-order valence-corrected chi connectivity index (χ2v) is 6.57. The number of hydrogen-bond acceptors (Lipinski definition) is 7. The van der Waals surface area contributed by atoms with Crippen molar-refractivity contribution in [3.63, 3.8) is 0 Å². The standard InChI is InChI=1S/C16H12O8S/c1-23-15-6-9(25(20,21)22)5-11(16(15)19)14-7-12(18)10-4-8(17)2-3-13(10)24-14/h2-7,17,19H,1H3,(H,20,21,22). The molecule has 0 amide bonds. The predicted octanol–water partition coefficient (Wildman–Crippen LogP) is 2.13. The molecule has 130 valence electrons. The first-order chi connectivity index (χ1) is 11.7. The average Bonchev–Trinajstić information content (AvgIpc) is 2.54. The fourth-order valence-electron chi connectivity index (χ4n) is 2.35. The minimum absolute atomic E-state index is 0.112. The van der Waals surface area contributed by atoms with Gasteiger partial charge in [-0.3, -0.25) is 9.35 Å². The number of benzene rings is 2. The van der Waals surface area contributed by atoms with Crippen molar-refractivity contribution in [2.75, 3.05) is 7.11 Å². The van der Waals surface area contributed by atoms with E-state index in [1.165, 1.54) is 25.3 Å². The van der Waals surface area contributed by atoms with Gasteiger partial charge >= 0.3 is 0 Å². The second kappa shape index (κ2) is 5.80. The lowest BCUT2D eigenvalue weighted by molar-refractivity contribution is 0.372. The van der Waals surface area contributed by atoms with Gasteiger partial charge in [0.05, 0.1) is 23.0 Å². The molecule has 0 unspecified atom stereocenters. The molecule has 0 saturated carbocycles. The van der Waals surface area contributed by atoms with Crippen molar-refractivity contribution in [2.45, 2.75) is 4.90 Å². The topological polar surface area (TPSA) is 134 Å². The zero-order valence-electron chi connectivity index (χ0n) is 12.8.